The Morgan fingerprint density at radius 2 is 1.68 bits per heavy atom. The van der Waals surface area contributed by atoms with Gasteiger partial charge in [-0.05, 0) is 43.3 Å². The average Bonchev–Trinajstić information content (AvgIpc) is 3.13. The van der Waals surface area contributed by atoms with Crippen molar-refractivity contribution in [3.8, 4) is 5.75 Å². The number of hydrogen-bond donors (Lipinski definition) is 0. The normalized spacial score (nSPS) is 15.2. The fraction of sp³-hybridized carbons (Fsp3) is 0.318. The zero-order valence-corrected chi connectivity index (χ0v) is 17.7. The second kappa shape index (κ2) is 8.85. The van der Waals surface area contributed by atoms with Crippen molar-refractivity contribution in [1.82, 2.24) is 14.4 Å². The van der Waals surface area contributed by atoms with Crippen LogP contribution in [0.3, 0.4) is 0 Å². The summed E-state index contributed by atoms with van der Waals surface area (Å²) in [5.41, 5.74) is 1.03. The van der Waals surface area contributed by atoms with Gasteiger partial charge in [-0.25, -0.2) is 4.79 Å². The van der Waals surface area contributed by atoms with Gasteiger partial charge < -0.3 is 19.0 Å². The van der Waals surface area contributed by atoms with Gasteiger partial charge in [-0.2, -0.15) is 0 Å². The Balaban J connectivity index is 1.34. The highest BCUT2D eigenvalue weighted by Gasteiger charge is 2.29. The number of ether oxygens (including phenoxy) is 1. The van der Waals surface area contributed by atoms with Crippen molar-refractivity contribution in [3.05, 3.63) is 64.1 Å². The van der Waals surface area contributed by atoms with E-state index < -0.39 is 11.8 Å². The minimum absolute atomic E-state index is 0.0810. The highest BCUT2D eigenvalue weighted by molar-refractivity contribution is 6.30. The highest BCUT2D eigenvalue weighted by atomic mass is 35.5. The van der Waals surface area contributed by atoms with Crippen LogP contribution >= 0.6 is 11.6 Å². The lowest BCUT2D eigenvalue weighted by atomic mass is 10.2. The predicted octanol–water partition coefficient (Wildman–Crippen LogP) is 2.56. The van der Waals surface area contributed by atoms with E-state index in [0.29, 0.717) is 48.1 Å². The molecule has 4 rings (SSSR count). The topological polar surface area (TPSA) is 85.0 Å². The lowest BCUT2D eigenvalue weighted by Gasteiger charge is -2.36. The molecule has 0 N–H and O–H groups in total. The van der Waals surface area contributed by atoms with Crippen molar-refractivity contribution in [2.24, 2.45) is 0 Å². The van der Waals surface area contributed by atoms with Crippen molar-refractivity contribution >= 4 is 34.5 Å². The standard InChI is InChI=1S/C22H22ClN3O5/c1-15(26-18-4-2-3-5-19(18)31-22(26)29)21(28)25-12-10-24(11-13-25)20(27)14-30-17-8-6-16(23)7-9-17/h2-9,15H,10-14H2,1H3. The minimum Gasteiger partial charge on any atom is -0.484 e. The smallest absolute Gasteiger partial charge is 0.420 e. The van der Waals surface area contributed by atoms with Gasteiger partial charge in [0.1, 0.15) is 11.8 Å². The van der Waals surface area contributed by atoms with Crippen LogP contribution in [0.1, 0.15) is 13.0 Å². The summed E-state index contributed by atoms with van der Waals surface area (Å²) in [6, 6.07) is 13.1. The molecule has 31 heavy (non-hydrogen) atoms. The minimum atomic E-state index is -0.702. The van der Waals surface area contributed by atoms with E-state index in [2.05, 4.69) is 0 Å². The Morgan fingerprint density at radius 1 is 1.03 bits per heavy atom. The van der Waals surface area contributed by atoms with Crippen LogP contribution in [-0.4, -0.2) is 59.0 Å². The van der Waals surface area contributed by atoms with Crippen LogP contribution in [0.15, 0.2) is 57.7 Å². The molecule has 1 unspecified atom stereocenters. The number of fused-ring (bicyclic) bond motifs is 1. The lowest BCUT2D eigenvalue weighted by molar-refractivity contribution is -0.142. The maximum atomic E-state index is 13.0. The van der Waals surface area contributed by atoms with Crippen molar-refractivity contribution in [3.63, 3.8) is 0 Å². The van der Waals surface area contributed by atoms with E-state index >= 15 is 0 Å². The van der Waals surface area contributed by atoms with Crippen molar-refractivity contribution in [2.45, 2.75) is 13.0 Å². The van der Waals surface area contributed by atoms with Crippen molar-refractivity contribution in [1.29, 1.82) is 0 Å². The van der Waals surface area contributed by atoms with Crippen LogP contribution in [0.25, 0.3) is 11.1 Å². The first-order chi connectivity index (χ1) is 14.9. The third kappa shape index (κ3) is 4.44. The average molecular weight is 444 g/mol. The largest absolute Gasteiger partial charge is 0.484 e. The molecule has 2 amide bonds. The van der Waals surface area contributed by atoms with E-state index in [1.807, 2.05) is 0 Å². The zero-order valence-electron chi connectivity index (χ0n) is 17.0. The number of benzene rings is 2. The van der Waals surface area contributed by atoms with Gasteiger partial charge in [0.2, 0.25) is 5.91 Å². The predicted molar refractivity (Wildman–Crippen MR) is 115 cm³/mol. The van der Waals surface area contributed by atoms with Gasteiger partial charge in [0, 0.05) is 31.2 Å². The molecular formula is C22H22ClN3O5. The van der Waals surface area contributed by atoms with Crippen LogP contribution in [-0.2, 0) is 9.59 Å². The van der Waals surface area contributed by atoms with Gasteiger partial charge in [0.15, 0.2) is 12.2 Å². The monoisotopic (exact) mass is 443 g/mol. The molecular weight excluding hydrogens is 422 g/mol. The number of amides is 2. The first-order valence-corrected chi connectivity index (χ1v) is 10.4. The summed E-state index contributed by atoms with van der Waals surface area (Å²) in [5, 5.41) is 0.597. The number of aromatic nitrogens is 1. The molecule has 2 heterocycles. The van der Waals surface area contributed by atoms with E-state index in [0.717, 1.165) is 0 Å². The molecule has 162 valence electrons. The molecule has 0 saturated carbocycles. The van der Waals surface area contributed by atoms with E-state index in [1.54, 1.807) is 65.3 Å². The second-order valence-electron chi connectivity index (χ2n) is 7.33. The van der Waals surface area contributed by atoms with Gasteiger partial charge in [-0.3, -0.25) is 14.2 Å². The summed E-state index contributed by atoms with van der Waals surface area (Å²) in [5.74, 6) is -0.321. The molecule has 1 aromatic heterocycles. The van der Waals surface area contributed by atoms with Gasteiger partial charge in [-0.1, -0.05) is 23.7 Å². The number of rotatable bonds is 5. The Kier molecular flexibility index (Phi) is 5.99. The quantitative estimate of drug-likeness (QED) is 0.605. The van der Waals surface area contributed by atoms with E-state index in [1.165, 1.54) is 4.57 Å². The maximum absolute atomic E-state index is 13.0. The number of para-hydroxylation sites is 2. The fourth-order valence-electron chi connectivity index (χ4n) is 3.67. The molecule has 1 saturated heterocycles. The first kappa shape index (κ1) is 21.0. The number of hydrogen-bond acceptors (Lipinski definition) is 5. The summed E-state index contributed by atoms with van der Waals surface area (Å²) >= 11 is 5.84. The third-order valence-corrected chi connectivity index (χ3v) is 5.64. The lowest BCUT2D eigenvalue weighted by Crippen LogP contribution is -2.53. The molecule has 8 nitrogen and oxygen atoms in total. The van der Waals surface area contributed by atoms with Gasteiger partial charge >= 0.3 is 5.76 Å². The molecule has 0 bridgehead atoms. The van der Waals surface area contributed by atoms with Crippen LogP contribution < -0.4 is 10.5 Å². The Hall–Kier alpha value is -3.26. The van der Waals surface area contributed by atoms with Gasteiger partial charge in [0.25, 0.3) is 5.91 Å². The van der Waals surface area contributed by atoms with E-state index in [4.69, 9.17) is 20.8 Å². The molecule has 9 heteroatoms. The van der Waals surface area contributed by atoms with Crippen LogP contribution in [0.4, 0.5) is 0 Å². The summed E-state index contributed by atoms with van der Waals surface area (Å²) in [6.07, 6.45) is 0. The Labute approximate surface area is 183 Å². The van der Waals surface area contributed by atoms with Crippen LogP contribution in [0, 0.1) is 0 Å². The Bertz CT molecular complexity index is 1150. The molecule has 1 atom stereocenters. The SMILES string of the molecule is CC(C(=O)N1CCN(C(=O)COc2ccc(Cl)cc2)CC1)n1c(=O)oc2ccccc21. The van der Waals surface area contributed by atoms with Gasteiger partial charge in [0.05, 0.1) is 5.52 Å². The molecule has 0 aliphatic carbocycles. The third-order valence-electron chi connectivity index (χ3n) is 5.38. The number of halogens is 1. The summed E-state index contributed by atoms with van der Waals surface area (Å²) in [6.45, 7) is 3.19. The zero-order chi connectivity index (χ0) is 22.0. The molecule has 1 aliphatic heterocycles. The highest BCUT2D eigenvalue weighted by Crippen LogP contribution is 2.19. The van der Waals surface area contributed by atoms with E-state index in [-0.39, 0.29) is 18.4 Å². The molecule has 0 radical (unpaired) electrons. The summed E-state index contributed by atoms with van der Waals surface area (Å²) < 4.78 is 12.1. The number of piperazine rings is 1. The number of carbonyl (C=O) groups excluding carboxylic acids is 2. The summed E-state index contributed by atoms with van der Waals surface area (Å²) in [4.78, 5) is 41.0. The van der Waals surface area contributed by atoms with Gasteiger partial charge in [-0.15, -0.1) is 0 Å². The van der Waals surface area contributed by atoms with E-state index in [9.17, 15) is 14.4 Å². The molecule has 3 aromatic rings. The molecule has 1 aliphatic rings. The van der Waals surface area contributed by atoms with Crippen LogP contribution in [0.5, 0.6) is 5.75 Å². The maximum Gasteiger partial charge on any atom is 0.420 e. The number of nitrogens with zero attached hydrogens (tertiary/aromatic N) is 3. The fourth-order valence-corrected chi connectivity index (χ4v) is 3.79. The summed E-state index contributed by atoms with van der Waals surface area (Å²) in [7, 11) is 0. The molecule has 0 spiro atoms. The number of carbonyl (C=O) groups is 2. The van der Waals surface area contributed by atoms with Crippen molar-refractivity contribution < 1.29 is 18.7 Å². The second-order valence-corrected chi connectivity index (χ2v) is 7.77. The van der Waals surface area contributed by atoms with Crippen molar-refractivity contribution in [2.75, 3.05) is 32.8 Å². The molecule has 2 aromatic carbocycles. The first-order valence-electron chi connectivity index (χ1n) is 9.99. The number of oxazole rings is 1. The Morgan fingerprint density at radius 3 is 2.39 bits per heavy atom. The van der Waals surface area contributed by atoms with Crippen LogP contribution in [0.2, 0.25) is 5.02 Å². The molecule has 1 fully saturated rings.